The lowest BCUT2D eigenvalue weighted by molar-refractivity contribution is 0.404. The first-order chi connectivity index (χ1) is 9.85. The molecular weight excluding hydrogens is 326 g/mol. The Kier molecular flexibility index (Phi) is 4.74. The Morgan fingerprint density at radius 1 is 1.00 bits per heavy atom. The van der Waals surface area contributed by atoms with Gasteiger partial charge in [-0.2, -0.15) is 0 Å². The fraction of sp³-hybridized carbons (Fsp3) is 0.333. The van der Waals surface area contributed by atoms with Crippen LogP contribution in [0, 0.1) is 27.7 Å². The summed E-state index contributed by atoms with van der Waals surface area (Å²) in [6.07, 6.45) is 0. The molecule has 0 spiro atoms. The van der Waals surface area contributed by atoms with Crippen LogP contribution in [-0.4, -0.2) is 7.11 Å². The number of rotatable bonds is 3. The number of ether oxygens (including phenoxy) is 1. The first kappa shape index (κ1) is 16.1. The van der Waals surface area contributed by atoms with E-state index in [1.807, 2.05) is 6.92 Å². The van der Waals surface area contributed by atoms with Crippen LogP contribution in [0.15, 0.2) is 28.7 Å². The normalized spacial score (nSPS) is 12.3. The highest BCUT2D eigenvalue weighted by atomic mass is 79.9. The Morgan fingerprint density at radius 2 is 1.57 bits per heavy atom. The molecule has 0 saturated carbocycles. The highest BCUT2D eigenvalue weighted by Gasteiger charge is 2.20. The minimum Gasteiger partial charge on any atom is -0.496 e. The third-order valence-corrected chi connectivity index (χ3v) is 4.65. The average Bonchev–Trinajstić information content (AvgIpc) is 2.40. The van der Waals surface area contributed by atoms with Gasteiger partial charge in [0.05, 0.1) is 13.2 Å². The van der Waals surface area contributed by atoms with Crippen molar-refractivity contribution in [2.75, 3.05) is 7.11 Å². The minimum absolute atomic E-state index is 0.199. The molecule has 2 aromatic rings. The fourth-order valence-corrected chi connectivity index (χ4v) is 3.43. The fourth-order valence-electron chi connectivity index (χ4n) is 2.88. The maximum absolute atomic E-state index is 6.57. The number of benzene rings is 2. The van der Waals surface area contributed by atoms with E-state index in [4.69, 9.17) is 10.5 Å². The second-order valence-electron chi connectivity index (χ2n) is 5.65. The van der Waals surface area contributed by atoms with E-state index in [9.17, 15) is 0 Å². The predicted octanol–water partition coefficient (Wildman–Crippen LogP) is 4.74. The largest absolute Gasteiger partial charge is 0.496 e. The summed E-state index contributed by atoms with van der Waals surface area (Å²) in [7, 11) is 1.70. The SMILES string of the molecule is COc1c(C)cc(Br)c(C)c1C(N)c1cc(C)cc(C)c1. The molecule has 0 bridgehead atoms. The molecule has 112 valence electrons. The molecule has 0 amide bonds. The van der Waals surface area contributed by atoms with Gasteiger partial charge in [0.25, 0.3) is 0 Å². The van der Waals surface area contributed by atoms with Gasteiger partial charge < -0.3 is 10.5 Å². The molecule has 0 radical (unpaired) electrons. The Balaban J connectivity index is 2.64. The number of methoxy groups -OCH3 is 1. The van der Waals surface area contributed by atoms with Crippen molar-refractivity contribution in [3.05, 3.63) is 62.1 Å². The van der Waals surface area contributed by atoms with E-state index >= 15 is 0 Å². The van der Waals surface area contributed by atoms with Gasteiger partial charge in [-0.05, 0) is 50.5 Å². The molecule has 2 aromatic carbocycles. The van der Waals surface area contributed by atoms with Crippen LogP contribution in [0.5, 0.6) is 5.75 Å². The van der Waals surface area contributed by atoms with Crippen molar-refractivity contribution in [1.29, 1.82) is 0 Å². The molecule has 2 N–H and O–H groups in total. The second kappa shape index (κ2) is 6.20. The smallest absolute Gasteiger partial charge is 0.127 e. The zero-order valence-corrected chi connectivity index (χ0v) is 14.8. The van der Waals surface area contributed by atoms with E-state index in [-0.39, 0.29) is 6.04 Å². The van der Waals surface area contributed by atoms with Crippen molar-refractivity contribution in [3.8, 4) is 5.75 Å². The molecule has 0 aliphatic rings. The van der Waals surface area contributed by atoms with Crippen molar-refractivity contribution in [3.63, 3.8) is 0 Å². The monoisotopic (exact) mass is 347 g/mol. The van der Waals surface area contributed by atoms with Crippen LogP contribution in [0.3, 0.4) is 0 Å². The van der Waals surface area contributed by atoms with Gasteiger partial charge in [0, 0.05) is 10.0 Å². The highest BCUT2D eigenvalue weighted by molar-refractivity contribution is 9.10. The molecule has 2 rings (SSSR count). The lowest BCUT2D eigenvalue weighted by atomic mass is 9.91. The van der Waals surface area contributed by atoms with Crippen molar-refractivity contribution in [2.24, 2.45) is 5.73 Å². The molecule has 0 heterocycles. The van der Waals surface area contributed by atoms with Crippen LogP contribution in [0.1, 0.15) is 39.4 Å². The van der Waals surface area contributed by atoms with E-state index in [0.717, 1.165) is 32.5 Å². The van der Waals surface area contributed by atoms with E-state index in [0.29, 0.717) is 0 Å². The predicted molar refractivity (Wildman–Crippen MR) is 92.1 cm³/mol. The second-order valence-corrected chi connectivity index (χ2v) is 6.50. The molecule has 0 fully saturated rings. The summed E-state index contributed by atoms with van der Waals surface area (Å²) < 4.78 is 6.68. The lowest BCUT2D eigenvalue weighted by Gasteiger charge is -2.22. The zero-order valence-electron chi connectivity index (χ0n) is 13.3. The standard InChI is InChI=1S/C18H22BrNO/c1-10-6-11(2)8-14(7-10)17(20)16-13(4)15(19)9-12(3)18(16)21-5/h6-9,17H,20H2,1-5H3. The molecule has 0 aromatic heterocycles. The Bertz CT molecular complexity index is 659. The lowest BCUT2D eigenvalue weighted by Crippen LogP contribution is -2.16. The summed E-state index contributed by atoms with van der Waals surface area (Å²) >= 11 is 3.62. The van der Waals surface area contributed by atoms with Gasteiger partial charge in [-0.25, -0.2) is 0 Å². The summed E-state index contributed by atoms with van der Waals surface area (Å²) in [6, 6.07) is 8.33. The van der Waals surface area contributed by atoms with Gasteiger partial charge >= 0.3 is 0 Å². The van der Waals surface area contributed by atoms with Crippen LogP contribution in [-0.2, 0) is 0 Å². The first-order valence-electron chi connectivity index (χ1n) is 7.02. The third-order valence-electron chi connectivity index (χ3n) is 3.83. The summed E-state index contributed by atoms with van der Waals surface area (Å²) in [5.74, 6) is 0.877. The van der Waals surface area contributed by atoms with Crippen LogP contribution >= 0.6 is 15.9 Å². The van der Waals surface area contributed by atoms with Gasteiger partial charge in [0.1, 0.15) is 5.75 Å². The molecule has 21 heavy (non-hydrogen) atoms. The summed E-state index contributed by atoms with van der Waals surface area (Å²) in [6.45, 7) is 8.31. The number of aryl methyl sites for hydroxylation is 3. The first-order valence-corrected chi connectivity index (χ1v) is 7.81. The molecule has 1 atom stereocenters. The topological polar surface area (TPSA) is 35.2 Å². The van der Waals surface area contributed by atoms with Gasteiger partial charge in [-0.1, -0.05) is 45.3 Å². The van der Waals surface area contributed by atoms with Crippen molar-refractivity contribution < 1.29 is 4.74 Å². The number of halogens is 1. The van der Waals surface area contributed by atoms with Crippen molar-refractivity contribution in [2.45, 2.75) is 33.7 Å². The summed E-state index contributed by atoms with van der Waals surface area (Å²) in [4.78, 5) is 0. The quantitative estimate of drug-likeness (QED) is 0.870. The van der Waals surface area contributed by atoms with Crippen LogP contribution in [0.4, 0.5) is 0 Å². The molecule has 1 unspecified atom stereocenters. The van der Waals surface area contributed by atoms with Crippen LogP contribution in [0.25, 0.3) is 0 Å². The molecule has 0 aliphatic carbocycles. The Hall–Kier alpha value is -1.32. The molecule has 3 heteroatoms. The number of nitrogens with two attached hydrogens (primary N) is 1. The number of hydrogen-bond acceptors (Lipinski definition) is 2. The van der Waals surface area contributed by atoms with Crippen LogP contribution in [0.2, 0.25) is 0 Å². The van der Waals surface area contributed by atoms with Gasteiger partial charge in [0.2, 0.25) is 0 Å². The van der Waals surface area contributed by atoms with E-state index in [1.165, 1.54) is 11.1 Å². The molecule has 0 aliphatic heterocycles. The van der Waals surface area contributed by atoms with Gasteiger partial charge in [-0.15, -0.1) is 0 Å². The summed E-state index contributed by atoms with van der Waals surface area (Å²) in [5.41, 5.74) is 13.4. The molecule has 2 nitrogen and oxygen atoms in total. The molecular formula is C18H22BrNO. The van der Waals surface area contributed by atoms with E-state index in [2.05, 4.69) is 61.0 Å². The zero-order chi connectivity index (χ0) is 15.7. The minimum atomic E-state index is -0.199. The van der Waals surface area contributed by atoms with Gasteiger partial charge in [0.15, 0.2) is 0 Å². The van der Waals surface area contributed by atoms with Gasteiger partial charge in [-0.3, -0.25) is 0 Å². The molecule has 0 saturated heterocycles. The maximum atomic E-state index is 6.57. The highest BCUT2D eigenvalue weighted by Crippen LogP contribution is 2.38. The number of hydrogen-bond donors (Lipinski definition) is 1. The average molecular weight is 348 g/mol. The van der Waals surface area contributed by atoms with E-state index in [1.54, 1.807) is 7.11 Å². The maximum Gasteiger partial charge on any atom is 0.127 e. The Labute approximate surface area is 135 Å². The summed E-state index contributed by atoms with van der Waals surface area (Å²) in [5, 5.41) is 0. The van der Waals surface area contributed by atoms with Crippen molar-refractivity contribution in [1.82, 2.24) is 0 Å². The van der Waals surface area contributed by atoms with Crippen molar-refractivity contribution >= 4 is 15.9 Å². The Morgan fingerprint density at radius 3 is 2.10 bits per heavy atom. The third kappa shape index (κ3) is 3.14. The van der Waals surface area contributed by atoms with E-state index < -0.39 is 0 Å². The van der Waals surface area contributed by atoms with Crippen LogP contribution < -0.4 is 10.5 Å².